The molecular formula is C15H17BrN2S. The van der Waals surface area contributed by atoms with Gasteiger partial charge in [-0.3, -0.25) is 0 Å². The van der Waals surface area contributed by atoms with E-state index in [1.165, 1.54) is 27.0 Å². The predicted molar refractivity (Wildman–Crippen MR) is 83.6 cm³/mol. The number of hydrogen-bond donors (Lipinski definition) is 1. The van der Waals surface area contributed by atoms with E-state index in [2.05, 4.69) is 63.7 Å². The topological polar surface area (TPSA) is 24.9 Å². The van der Waals surface area contributed by atoms with Gasteiger partial charge in [0.25, 0.3) is 0 Å². The monoisotopic (exact) mass is 336 g/mol. The second-order valence-corrected chi connectivity index (χ2v) is 6.86. The fraction of sp³-hybridized carbons (Fsp3) is 0.400. The molecule has 1 N–H and O–H groups in total. The third kappa shape index (κ3) is 2.62. The SMILES string of the molecule is Cc1csc(C(C)NC2CCc3c(Br)cccc32)n1. The molecule has 0 radical (unpaired) electrons. The van der Waals surface area contributed by atoms with Crippen molar-refractivity contribution in [2.24, 2.45) is 0 Å². The van der Waals surface area contributed by atoms with Crippen LogP contribution in [0.3, 0.4) is 0 Å². The number of aryl methyl sites for hydroxylation is 1. The quantitative estimate of drug-likeness (QED) is 0.889. The van der Waals surface area contributed by atoms with E-state index in [-0.39, 0.29) is 0 Å². The highest BCUT2D eigenvalue weighted by Crippen LogP contribution is 2.37. The summed E-state index contributed by atoms with van der Waals surface area (Å²) in [5.41, 5.74) is 4.01. The molecule has 4 heteroatoms. The molecule has 0 aliphatic heterocycles. The second-order valence-electron chi connectivity index (χ2n) is 5.11. The number of fused-ring (bicyclic) bond motifs is 1. The molecular weight excluding hydrogens is 320 g/mol. The van der Waals surface area contributed by atoms with E-state index < -0.39 is 0 Å². The molecule has 1 heterocycles. The molecule has 0 fully saturated rings. The second kappa shape index (κ2) is 5.35. The predicted octanol–water partition coefficient (Wildman–Crippen LogP) is 4.55. The van der Waals surface area contributed by atoms with Gasteiger partial charge in [-0.15, -0.1) is 11.3 Å². The maximum Gasteiger partial charge on any atom is 0.110 e. The highest BCUT2D eigenvalue weighted by molar-refractivity contribution is 9.10. The van der Waals surface area contributed by atoms with Crippen LogP contribution in [0.4, 0.5) is 0 Å². The average Bonchev–Trinajstić information content (AvgIpc) is 2.98. The van der Waals surface area contributed by atoms with Crippen LogP contribution in [0.25, 0.3) is 0 Å². The molecule has 2 unspecified atom stereocenters. The normalized spacial score (nSPS) is 19.4. The van der Waals surface area contributed by atoms with Crippen molar-refractivity contribution in [3.63, 3.8) is 0 Å². The van der Waals surface area contributed by atoms with Gasteiger partial charge in [0, 0.05) is 21.6 Å². The van der Waals surface area contributed by atoms with Crippen LogP contribution >= 0.6 is 27.3 Å². The minimum Gasteiger partial charge on any atom is -0.301 e. The molecule has 19 heavy (non-hydrogen) atoms. The maximum absolute atomic E-state index is 4.57. The van der Waals surface area contributed by atoms with Gasteiger partial charge in [-0.05, 0) is 43.9 Å². The Morgan fingerprint density at radius 2 is 2.32 bits per heavy atom. The Bertz CT molecular complexity index is 594. The maximum atomic E-state index is 4.57. The lowest BCUT2D eigenvalue weighted by Gasteiger charge is -2.19. The molecule has 2 atom stereocenters. The third-order valence-corrected chi connectivity index (χ3v) is 5.56. The molecule has 1 aliphatic carbocycles. The van der Waals surface area contributed by atoms with Gasteiger partial charge >= 0.3 is 0 Å². The van der Waals surface area contributed by atoms with Crippen molar-refractivity contribution in [2.45, 2.75) is 38.8 Å². The standard InChI is InChI=1S/C15H17BrN2S/c1-9-8-19-15(17-9)10(2)18-14-7-6-11-12(14)4-3-5-13(11)16/h3-5,8,10,14,18H,6-7H2,1-2H3. The Balaban J connectivity index is 1.78. The lowest BCUT2D eigenvalue weighted by Crippen LogP contribution is -2.22. The average molecular weight is 337 g/mol. The Labute approximate surface area is 126 Å². The number of thiazole rings is 1. The van der Waals surface area contributed by atoms with Gasteiger partial charge in [0.15, 0.2) is 0 Å². The van der Waals surface area contributed by atoms with Crippen molar-refractivity contribution in [3.05, 3.63) is 49.9 Å². The van der Waals surface area contributed by atoms with Crippen LogP contribution in [0, 0.1) is 6.92 Å². The lowest BCUT2D eigenvalue weighted by molar-refractivity contribution is 0.463. The van der Waals surface area contributed by atoms with E-state index in [1.54, 1.807) is 11.3 Å². The summed E-state index contributed by atoms with van der Waals surface area (Å²) in [6.07, 6.45) is 2.32. The van der Waals surface area contributed by atoms with Crippen LogP contribution in [-0.4, -0.2) is 4.98 Å². The smallest absolute Gasteiger partial charge is 0.110 e. The van der Waals surface area contributed by atoms with Gasteiger partial charge in [-0.25, -0.2) is 4.98 Å². The van der Waals surface area contributed by atoms with E-state index in [1.807, 2.05) is 0 Å². The molecule has 1 aromatic heterocycles. The molecule has 0 spiro atoms. The highest BCUT2D eigenvalue weighted by atomic mass is 79.9. The highest BCUT2D eigenvalue weighted by Gasteiger charge is 2.25. The van der Waals surface area contributed by atoms with Gasteiger partial charge in [0.2, 0.25) is 0 Å². The molecule has 1 aliphatic rings. The number of nitrogens with zero attached hydrogens (tertiary/aromatic N) is 1. The van der Waals surface area contributed by atoms with Gasteiger partial charge in [0.1, 0.15) is 5.01 Å². The number of benzene rings is 1. The number of rotatable bonds is 3. The first kappa shape index (κ1) is 13.3. The van der Waals surface area contributed by atoms with Crippen molar-refractivity contribution in [3.8, 4) is 0 Å². The van der Waals surface area contributed by atoms with Crippen LogP contribution in [0.5, 0.6) is 0 Å². The number of halogens is 1. The number of aromatic nitrogens is 1. The zero-order chi connectivity index (χ0) is 13.4. The number of nitrogens with one attached hydrogen (secondary N) is 1. The fourth-order valence-corrected chi connectivity index (χ4v) is 4.12. The summed E-state index contributed by atoms with van der Waals surface area (Å²) in [5.74, 6) is 0. The van der Waals surface area contributed by atoms with Crippen molar-refractivity contribution in [1.29, 1.82) is 0 Å². The Morgan fingerprint density at radius 3 is 3.05 bits per heavy atom. The van der Waals surface area contributed by atoms with E-state index in [0.717, 1.165) is 12.1 Å². The Morgan fingerprint density at radius 1 is 1.47 bits per heavy atom. The van der Waals surface area contributed by atoms with Crippen LogP contribution in [0.15, 0.2) is 28.1 Å². The summed E-state index contributed by atoms with van der Waals surface area (Å²) >= 11 is 5.39. The Hall–Kier alpha value is -0.710. The van der Waals surface area contributed by atoms with Crippen LogP contribution in [-0.2, 0) is 6.42 Å². The van der Waals surface area contributed by atoms with Gasteiger partial charge < -0.3 is 5.32 Å². The molecule has 0 amide bonds. The molecule has 3 rings (SSSR count). The summed E-state index contributed by atoms with van der Waals surface area (Å²) in [5, 5.41) is 7.02. The van der Waals surface area contributed by atoms with Crippen molar-refractivity contribution in [2.75, 3.05) is 0 Å². The van der Waals surface area contributed by atoms with Crippen molar-refractivity contribution >= 4 is 27.3 Å². The third-order valence-electron chi connectivity index (χ3n) is 3.67. The largest absolute Gasteiger partial charge is 0.301 e. The van der Waals surface area contributed by atoms with E-state index in [0.29, 0.717) is 12.1 Å². The van der Waals surface area contributed by atoms with Gasteiger partial charge in [-0.2, -0.15) is 0 Å². The summed E-state index contributed by atoms with van der Waals surface area (Å²) in [7, 11) is 0. The molecule has 1 aromatic carbocycles. The summed E-state index contributed by atoms with van der Waals surface area (Å²) in [6, 6.07) is 7.26. The van der Waals surface area contributed by atoms with E-state index in [9.17, 15) is 0 Å². The summed E-state index contributed by atoms with van der Waals surface area (Å²) < 4.78 is 1.24. The van der Waals surface area contributed by atoms with Crippen molar-refractivity contribution < 1.29 is 0 Å². The summed E-state index contributed by atoms with van der Waals surface area (Å²) in [4.78, 5) is 4.57. The molecule has 0 saturated heterocycles. The fourth-order valence-electron chi connectivity index (χ4n) is 2.73. The van der Waals surface area contributed by atoms with E-state index >= 15 is 0 Å². The zero-order valence-corrected chi connectivity index (χ0v) is 13.5. The van der Waals surface area contributed by atoms with Gasteiger partial charge in [0.05, 0.1) is 6.04 Å². The first-order valence-corrected chi connectivity index (χ1v) is 8.28. The first-order valence-electron chi connectivity index (χ1n) is 6.60. The van der Waals surface area contributed by atoms with Crippen LogP contribution in [0.2, 0.25) is 0 Å². The van der Waals surface area contributed by atoms with Crippen LogP contribution in [0.1, 0.15) is 47.3 Å². The summed E-state index contributed by atoms with van der Waals surface area (Å²) in [6.45, 7) is 4.25. The molecule has 0 bridgehead atoms. The molecule has 2 nitrogen and oxygen atoms in total. The molecule has 2 aromatic rings. The Kier molecular flexibility index (Phi) is 3.74. The van der Waals surface area contributed by atoms with E-state index in [4.69, 9.17) is 0 Å². The minimum atomic E-state index is 0.314. The molecule has 0 saturated carbocycles. The minimum absolute atomic E-state index is 0.314. The lowest BCUT2D eigenvalue weighted by atomic mass is 10.1. The first-order chi connectivity index (χ1) is 9.15. The van der Waals surface area contributed by atoms with Gasteiger partial charge in [-0.1, -0.05) is 28.1 Å². The zero-order valence-electron chi connectivity index (χ0n) is 11.1. The number of hydrogen-bond acceptors (Lipinski definition) is 3. The molecule has 100 valence electrons. The van der Waals surface area contributed by atoms with Crippen molar-refractivity contribution in [1.82, 2.24) is 10.3 Å². The van der Waals surface area contributed by atoms with Crippen LogP contribution < -0.4 is 5.32 Å².